The molecule has 0 saturated carbocycles. The summed E-state index contributed by atoms with van der Waals surface area (Å²) in [4.78, 5) is 0. The van der Waals surface area contributed by atoms with Crippen molar-refractivity contribution in [2.75, 3.05) is 0 Å². The van der Waals surface area contributed by atoms with Gasteiger partial charge < -0.3 is 5.11 Å². The van der Waals surface area contributed by atoms with E-state index in [1.165, 1.54) is 0 Å². The maximum Gasteiger partial charge on any atom is 0.128 e. The van der Waals surface area contributed by atoms with Crippen LogP contribution < -0.4 is 0 Å². The first-order valence-electron chi connectivity index (χ1n) is 7.32. The molecule has 1 aliphatic rings. The lowest BCUT2D eigenvalue weighted by molar-refractivity contribution is 0.0749. The lowest BCUT2D eigenvalue weighted by atomic mass is 9.88. The van der Waals surface area contributed by atoms with E-state index < -0.39 is 16.4 Å². The molecule has 0 spiro atoms. The molecule has 0 aliphatic carbocycles. The van der Waals surface area contributed by atoms with Crippen molar-refractivity contribution in [2.45, 2.75) is 28.9 Å². The van der Waals surface area contributed by atoms with Crippen molar-refractivity contribution in [3.63, 3.8) is 0 Å². The van der Waals surface area contributed by atoms with E-state index >= 15 is 0 Å². The molecule has 0 amide bonds. The molecule has 3 heteroatoms. The Bertz CT molecular complexity index is 652. The molecule has 1 saturated heterocycles. The summed E-state index contributed by atoms with van der Waals surface area (Å²) in [5, 5.41) is 10.2. The third-order valence-electron chi connectivity index (χ3n) is 4.22. The van der Waals surface area contributed by atoms with Crippen LogP contribution in [0, 0.1) is 12.3 Å². The molecule has 0 aromatic heterocycles. The number of hydrogen-bond acceptors (Lipinski definition) is 2. The van der Waals surface area contributed by atoms with Crippen LogP contribution in [0.5, 0.6) is 0 Å². The molecular formula is C19H18O2S. The lowest BCUT2D eigenvalue weighted by Crippen LogP contribution is -2.39. The van der Waals surface area contributed by atoms with Crippen LogP contribution in [-0.2, 0) is 10.8 Å². The highest BCUT2D eigenvalue weighted by molar-refractivity contribution is 7.85. The maximum atomic E-state index is 13.1. The van der Waals surface area contributed by atoms with E-state index in [2.05, 4.69) is 5.92 Å². The molecule has 2 aromatic carbocycles. The summed E-state index contributed by atoms with van der Waals surface area (Å²) < 4.78 is 13.1. The summed E-state index contributed by atoms with van der Waals surface area (Å²) >= 11 is 0. The van der Waals surface area contributed by atoms with Crippen LogP contribution >= 0.6 is 0 Å². The van der Waals surface area contributed by atoms with Crippen molar-refractivity contribution in [3.8, 4) is 12.3 Å². The second kappa shape index (κ2) is 6.08. The molecule has 3 rings (SSSR count). The molecule has 2 nitrogen and oxygen atoms in total. The predicted octanol–water partition coefficient (Wildman–Crippen LogP) is 3.38. The summed E-state index contributed by atoms with van der Waals surface area (Å²) in [5.74, 6) is 2.52. The number of terminal acetylenes is 1. The van der Waals surface area contributed by atoms with Crippen LogP contribution in [0.3, 0.4) is 0 Å². The van der Waals surface area contributed by atoms with Crippen molar-refractivity contribution in [1.82, 2.24) is 0 Å². The van der Waals surface area contributed by atoms with Gasteiger partial charge in [-0.3, -0.25) is 4.21 Å². The van der Waals surface area contributed by atoms with Gasteiger partial charge in [0.25, 0.3) is 0 Å². The monoisotopic (exact) mass is 310 g/mol. The van der Waals surface area contributed by atoms with Gasteiger partial charge in [-0.25, -0.2) is 0 Å². The van der Waals surface area contributed by atoms with Gasteiger partial charge in [0.1, 0.15) is 5.60 Å². The second-order valence-electron chi connectivity index (χ2n) is 5.71. The van der Waals surface area contributed by atoms with Crippen molar-refractivity contribution in [1.29, 1.82) is 0 Å². The lowest BCUT2D eigenvalue weighted by Gasteiger charge is -2.38. The van der Waals surface area contributed by atoms with Crippen LogP contribution in [0.1, 0.15) is 34.5 Å². The molecule has 4 atom stereocenters. The van der Waals surface area contributed by atoms with E-state index in [-0.39, 0.29) is 10.5 Å². The van der Waals surface area contributed by atoms with E-state index in [0.717, 1.165) is 11.1 Å². The quantitative estimate of drug-likeness (QED) is 0.864. The molecular weight excluding hydrogens is 292 g/mol. The van der Waals surface area contributed by atoms with Crippen LogP contribution in [-0.4, -0.2) is 14.9 Å². The average molecular weight is 310 g/mol. The fourth-order valence-corrected chi connectivity index (χ4v) is 5.14. The highest BCUT2D eigenvalue weighted by Crippen LogP contribution is 2.46. The molecule has 112 valence electrons. The third kappa shape index (κ3) is 2.85. The Morgan fingerprint density at radius 3 is 1.73 bits per heavy atom. The molecule has 1 N–H and O–H groups in total. The average Bonchev–Trinajstić information content (AvgIpc) is 2.58. The summed E-state index contributed by atoms with van der Waals surface area (Å²) in [6.07, 6.45) is 6.24. The van der Waals surface area contributed by atoms with Crippen LogP contribution in [0.15, 0.2) is 60.7 Å². The van der Waals surface area contributed by atoms with Gasteiger partial charge in [-0.2, -0.15) is 0 Å². The second-order valence-corrected chi connectivity index (χ2v) is 7.51. The van der Waals surface area contributed by atoms with Gasteiger partial charge in [-0.1, -0.05) is 66.6 Å². The van der Waals surface area contributed by atoms with Gasteiger partial charge in [0.05, 0.1) is 10.5 Å². The van der Waals surface area contributed by atoms with Crippen molar-refractivity contribution in [3.05, 3.63) is 71.8 Å². The number of rotatable bonds is 2. The molecule has 1 fully saturated rings. The van der Waals surface area contributed by atoms with E-state index in [1.807, 2.05) is 60.7 Å². The molecule has 2 aromatic rings. The minimum absolute atomic E-state index is 0.249. The summed E-state index contributed by atoms with van der Waals surface area (Å²) in [7, 11) is -1.12. The minimum Gasteiger partial charge on any atom is -0.378 e. The number of aliphatic hydroxyl groups is 1. The fourth-order valence-electron chi connectivity index (χ4n) is 3.02. The Morgan fingerprint density at radius 2 is 1.36 bits per heavy atom. The predicted molar refractivity (Wildman–Crippen MR) is 89.5 cm³/mol. The van der Waals surface area contributed by atoms with E-state index in [4.69, 9.17) is 6.42 Å². The first-order chi connectivity index (χ1) is 10.6. The summed E-state index contributed by atoms with van der Waals surface area (Å²) in [6, 6.07) is 19.4. The zero-order valence-electron chi connectivity index (χ0n) is 12.2. The SMILES string of the molecule is C#CC1(O)C[C@H](c2ccccc2)S(=O)[C@H](c2ccccc2)C1. The molecule has 1 heterocycles. The molecule has 22 heavy (non-hydrogen) atoms. The standard InChI is InChI=1S/C19H18O2S/c1-2-19(20)13-17(15-9-5-3-6-10-15)22(21)18(14-19)16-11-7-4-8-12-16/h1,3-12,17-18,20H,13-14H2/t17-,18+,19?,22?. The third-order valence-corrected chi connectivity index (χ3v) is 6.22. The van der Waals surface area contributed by atoms with Crippen molar-refractivity contribution in [2.24, 2.45) is 0 Å². The van der Waals surface area contributed by atoms with Gasteiger partial charge in [0.15, 0.2) is 0 Å². The Hall–Kier alpha value is -1.89. The molecule has 1 aliphatic heterocycles. The number of benzene rings is 2. The zero-order chi connectivity index (χ0) is 15.6. The molecule has 0 bridgehead atoms. The smallest absolute Gasteiger partial charge is 0.128 e. The first kappa shape index (κ1) is 15.0. The summed E-state index contributed by atoms with van der Waals surface area (Å²) in [6.45, 7) is 0. The number of hydrogen-bond donors (Lipinski definition) is 1. The zero-order valence-corrected chi connectivity index (χ0v) is 13.0. The first-order valence-corrected chi connectivity index (χ1v) is 8.60. The van der Waals surface area contributed by atoms with Crippen LogP contribution in [0.25, 0.3) is 0 Å². The fraction of sp³-hybridized carbons (Fsp3) is 0.263. The Labute approximate surface area is 133 Å². The normalized spacial score (nSPS) is 31.4. The van der Waals surface area contributed by atoms with E-state index in [9.17, 15) is 9.32 Å². The summed E-state index contributed by atoms with van der Waals surface area (Å²) in [5.41, 5.74) is 0.722. The van der Waals surface area contributed by atoms with Gasteiger partial charge >= 0.3 is 0 Å². The van der Waals surface area contributed by atoms with Crippen molar-refractivity contribution < 1.29 is 9.32 Å². The van der Waals surface area contributed by atoms with Crippen LogP contribution in [0.4, 0.5) is 0 Å². The highest BCUT2D eigenvalue weighted by atomic mass is 32.2. The Balaban J connectivity index is 2.02. The Morgan fingerprint density at radius 1 is 0.955 bits per heavy atom. The van der Waals surface area contributed by atoms with E-state index in [0.29, 0.717) is 12.8 Å². The molecule has 2 unspecified atom stereocenters. The maximum absolute atomic E-state index is 13.1. The Kier molecular flexibility index (Phi) is 4.15. The van der Waals surface area contributed by atoms with Gasteiger partial charge in [0.2, 0.25) is 0 Å². The van der Waals surface area contributed by atoms with Crippen molar-refractivity contribution >= 4 is 10.8 Å². The van der Waals surface area contributed by atoms with E-state index in [1.54, 1.807) is 0 Å². The largest absolute Gasteiger partial charge is 0.378 e. The van der Waals surface area contributed by atoms with Gasteiger partial charge in [-0.05, 0) is 11.1 Å². The highest BCUT2D eigenvalue weighted by Gasteiger charge is 2.43. The van der Waals surface area contributed by atoms with Crippen LogP contribution in [0.2, 0.25) is 0 Å². The topological polar surface area (TPSA) is 37.3 Å². The van der Waals surface area contributed by atoms with Gasteiger partial charge in [-0.15, -0.1) is 6.42 Å². The minimum atomic E-state index is -1.21. The van der Waals surface area contributed by atoms with Gasteiger partial charge in [0, 0.05) is 23.6 Å². The molecule has 0 radical (unpaired) electrons.